The maximum Gasteiger partial charge on any atom is 0.299 e. The van der Waals surface area contributed by atoms with Crippen LogP contribution in [0.25, 0.3) is 10.9 Å². The van der Waals surface area contributed by atoms with Crippen LogP contribution in [-0.2, 0) is 0 Å². The topological polar surface area (TPSA) is 126 Å². The van der Waals surface area contributed by atoms with Crippen molar-refractivity contribution in [2.24, 2.45) is 0 Å². The lowest BCUT2D eigenvalue weighted by Gasteiger charge is -2.35. The summed E-state index contributed by atoms with van der Waals surface area (Å²) in [7, 11) is 0. The molecule has 1 N–H and O–H groups in total. The van der Waals surface area contributed by atoms with Crippen LogP contribution in [0.15, 0.2) is 48.5 Å². The van der Waals surface area contributed by atoms with Crippen LogP contribution in [0.3, 0.4) is 0 Å². The molecule has 3 aromatic rings. The molecule has 2 heterocycles. The number of nitro benzene ring substituents is 2. The standard InChI is InChI=1S/C19H17N5O5/c25-19(16-11-13-3-1-2-4-15(13)20-16)22-9-7-21(8-10-22)17-6-5-14(23(26)27)12-18(17)24(28)29/h1-6,11-12,20H,7-10H2. The molecule has 1 fully saturated rings. The lowest BCUT2D eigenvalue weighted by Crippen LogP contribution is -2.49. The third-order valence-corrected chi connectivity index (χ3v) is 5.03. The number of piperazine rings is 1. The van der Waals surface area contributed by atoms with Gasteiger partial charge in [0.25, 0.3) is 17.3 Å². The number of carbonyl (C=O) groups excluding carboxylic acids is 1. The maximum atomic E-state index is 12.8. The summed E-state index contributed by atoms with van der Waals surface area (Å²) >= 11 is 0. The van der Waals surface area contributed by atoms with Crippen molar-refractivity contribution in [3.8, 4) is 0 Å². The van der Waals surface area contributed by atoms with Crippen molar-refractivity contribution >= 4 is 33.9 Å². The molecule has 0 saturated carbocycles. The molecule has 10 heteroatoms. The number of benzene rings is 2. The van der Waals surface area contributed by atoms with E-state index in [9.17, 15) is 25.0 Å². The quantitative estimate of drug-likeness (QED) is 0.535. The number of para-hydroxylation sites is 1. The van der Waals surface area contributed by atoms with Crippen LogP contribution in [0.2, 0.25) is 0 Å². The number of carbonyl (C=O) groups is 1. The van der Waals surface area contributed by atoms with E-state index in [1.54, 1.807) is 9.80 Å². The summed E-state index contributed by atoms with van der Waals surface area (Å²) in [5, 5.41) is 23.2. The SMILES string of the molecule is O=C(c1cc2ccccc2[nH]1)N1CCN(c2ccc([N+](=O)[O-])cc2[N+](=O)[O-])CC1. The highest BCUT2D eigenvalue weighted by Gasteiger charge is 2.28. The molecule has 1 aliphatic rings. The number of anilines is 1. The van der Waals surface area contributed by atoms with Crippen molar-refractivity contribution < 1.29 is 14.6 Å². The Morgan fingerprint density at radius 1 is 0.931 bits per heavy atom. The number of hydrogen-bond acceptors (Lipinski definition) is 6. The van der Waals surface area contributed by atoms with E-state index in [1.807, 2.05) is 30.3 Å². The third kappa shape index (κ3) is 3.47. The van der Waals surface area contributed by atoms with Crippen molar-refractivity contribution in [1.82, 2.24) is 9.88 Å². The van der Waals surface area contributed by atoms with Crippen molar-refractivity contribution in [2.75, 3.05) is 31.1 Å². The molecule has 4 rings (SSSR count). The van der Waals surface area contributed by atoms with Gasteiger partial charge < -0.3 is 14.8 Å². The Labute approximate surface area is 164 Å². The van der Waals surface area contributed by atoms with E-state index in [1.165, 1.54) is 12.1 Å². The summed E-state index contributed by atoms with van der Waals surface area (Å²) < 4.78 is 0. The number of rotatable bonds is 4. The van der Waals surface area contributed by atoms with Crippen molar-refractivity contribution in [1.29, 1.82) is 0 Å². The van der Waals surface area contributed by atoms with Gasteiger partial charge in [0, 0.05) is 43.1 Å². The number of aromatic nitrogens is 1. The molecular weight excluding hydrogens is 378 g/mol. The monoisotopic (exact) mass is 395 g/mol. The Morgan fingerprint density at radius 2 is 1.66 bits per heavy atom. The van der Waals surface area contributed by atoms with Gasteiger partial charge in [0.2, 0.25) is 0 Å². The highest BCUT2D eigenvalue weighted by molar-refractivity contribution is 5.98. The summed E-state index contributed by atoms with van der Waals surface area (Å²) in [6.45, 7) is 1.57. The van der Waals surface area contributed by atoms with Gasteiger partial charge in [-0.25, -0.2) is 0 Å². The highest BCUT2D eigenvalue weighted by Crippen LogP contribution is 2.32. The minimum atomic E-state index is -0.659. The molecule has 2 aromatic carbocycles. The van der Waals surface area contributed by atoms with Gasteiger partial charge in [-0.1, -0.05) is 18.2 Å². The van der Waals surface area contributed by atoms with E-state index < -0.39 is 9.85 Å². The highest BCUT2D eigenvalue weighted by atomic mass is 16.6. The minimum absolute atomic E-state index is 0.126. The molecule has 10 nitrogen and oxygen atoms in total. The zero-order valence-electron chi connectivity index (χ0n) is 15.3. The molecular formula is C19H17N5O5. The number of hydrogen-bond donors (Lipinski definition) is 1. The predicted molar refractivity (Wildman–Crippen MR) is 106 cm³/mol. The molecule has 29 heavy (non-hydrogen) atoms. The Balaban J connectivity index is 1.50. The molecule has 0 radical (unpaired) electrons. The molecule has 0 unspecified atom stereocenters. The van der Waals surface area contributed by atoms with E-state index in [0.717, 1.165) is 17.0 Å². The van der Waals surface area contributed by atoms with Crippen LogP contribution >= 0.6 is 0 Å². The molecule has 0 bridgehead atoms. The maximum absolute atomic E-state index is 12.8. The summed E-state index contributed by atoms with van der Waals surface area (Å²) in [6.07, 6.45) is 0. The summed E-state index contributed by atoms with van der Waals surface area (Å²) in [6, 6.07) is 13.0. The van der Waals surface area contributed by atoms with Crippen molar-refractivity contribution in [3.63, 3.8) is 0 Å². The van der Waals surface area contributed by atoms with E-state index in [0.29, 0.717) is 37.6 Å². The van der Waals surface area contributed by atoms with Crippen LogP contribution in [-0.4, -0.2) is 51.8 Å². The number of H-pyrrole nitrogens is 1. The fourth-order valence-corrected chi connectivity index (χ4v) is 3.55. The van der Waals surface area contributed by atoms with Crippen LogP contribution in [0, 0.1) is 20.2 Å². The largest absolute Gasteiger partial charge is 0.362 e. The number of nitrogens with one attached hydrogen (secondary N) is 1. The first-order valence-corrected chi connectivity index (χ1v) is 8.99. The fraction of sp³-hybridized carbons (Fsp3) is 0.211. The zero-order chi connectivity index (χ0) is 20.5. The number of nitro groups is 2. The number of nitrogens with zero attached hydrogens (tertiary/aromatic N) is 4. The van der Waals surface area contributed by atoms with Crippen molar-refractivity contribution in [3.05, 3.63) is 74.5 Å². The Morgan fingerprint density at radius 3 is 2.31 bits per heavy atom. The average Bonchev–Trinajstić information content (AvgIpc) is 3.17. The molecule has 1 aromatic heterocycles. The molecule has 1 aliphatic heterocycles. The second kappa shape index (κ2) is 7.23. The normalized spacial score (nSPS) is 14.2. The van der Waals surface area contributed by atoms with Gasteiger partial charge in [-0.2, -0.15) is 0 Å². The average molecular weight is 395 g/mol. The lowest BCUT2D eigenvalue weighted by molar-refractivity contribution is -0.393. The van der Waals surface area contributed by atoms with Gasteiger partial charge >= 0.3 is 0 Å². The van der Waals surface area contributed by atoms with Crippen LogP contribution < -0.4 is 4.90 Å². The molecule has 0 atom stereocenters. The smallest absolute Gasteiger partial charge is 0.299 e. The first-order valence-electron chi connectivity index (χ1n) is 8.99. The first kappa shape index (κ1) is 18.4. The predicted octanol–water partition coefficient (Wildman–Crippen LogP) is 2.95. The number of aromatic amines is 1. The molecule has 0 spiro atoms. The van der Waals surface area contributed by atoms with E-state index >= 15 is 0 Å². The lowest BCUT2D eigenvalue weighted by atomic mass is 10.2. The first-order chi connectivity index (χ1) is 13.9. The van der Waals surface area contributed by atoms with E-state index in [4.69, 9.17) is 0 Å². The van der Waals surface area contributed by atoms with Gasteiger partial charge in [-0.15, -0.1) is 0 Å². The Bertz CT molecular complexity index is 1080. The summed E-state index contributed by atoms with van der Waals surface area (Å²) in [5.41, 5.74) is 1.07. The van der Waals surface area contributed by atoms with Crippen LogP contribution in [0.5, 0.6) is 0 Å². The number of amides is 1. The zero-order valence-corrected chi connectivity index (χ0v) is 15.3. The van der Waals surface area contributed by atoms with Crippen molar-refractivity contribution in [2.45, 2.75) is 0 Å². The number of fused-ring (bicyclic) bond motifs is 1. The van der Waals surface area contributed by atoms with Crippen LogP contribution in [0.4, 0.5) is 17.1 Å². The molecule has 148 valence electrons. The minimum Gasteiger partial charge on any atom is -0.362 e. The molecule has 1 saturated heterocycles. The molecule has 0 aliphatic carbocycles. The summed E-state index contributed by atoms with van der Waals surface area (Å²) in [5.74, 6) is -0.126. The van der Waals surface area contributed by atoms with Gasteiger partial charge in [-0.05, 0) is 18.2 Å². The number of non-ortho nitro benzene ring substituents is 1. The second-order valence-electron chi connectivity index (χ2n) is 6.74. The second-order valence-corrected chi connectivity index (χ2v) is 6.74. The summed E-state index contributed by atoms with van der Waals surface area (Å²) in [4.78, 5) is 40.4. The molecule has 1 amide bonds. The van der Waals surface area contributed by atoms with Gasteiger partial charge in [0.05, 0.1) is 15.9 Å². The van der Waals surface area contributed by atoms with E-state index in [2.05, 4.69) is 4.98 Å². The van der Waals surface area contributed by atoms with Crippen LogP contribution in [0.1, 0.15) is 10.5 Å². The van der Waals surface area contributed by atoms with Gasteiger partial charge in [-0.3, -0.25) is 25.0 Å². The fourth-order valence-electron chi connectivity index (χ4n) is 3.55. The van der Waals surface area contributed by atoms with E-state index in [-0.39, 0.29) is 17.3 Å². The van der Waals surface area contributed by atoms with Gasteiger partial charge in [0.15, 0.2) is 0 Å². The third-order valence-electron chi connectivity index (χ3n) is 5.03. The van der Waals surface area contributed by atoms with Gasteiger partial charge in [0.1, 0.15) is 11.4 Å². The Kier molecular flexibility index (Phi) is 4.59. The Hall–Kier alpha value is -3.95.